The van der Waals surface area contributed by atoms with Gasteiger partial charge in [-0.25, -0.2) is 0 Å². The lowest BCUT2D eigenvalue weighted by atomic mass is 10.1. The fraction of sp³-hybridized carbons (Fsp3) is 0.667. The molecular weight excluding hydrogens is 362 g/mol. The molecule has 2 atom stereocenters. The summed E-state index contributed by atoms with van der Waals surface area (Å²) in [5.41, 5.74) is 5.23. The second kappa shape index (κ2) is 15.1. The summed E-state index contributed by atoms with van der Waals surface area (Å²) in [5, 5.41) is 29.2. The van der Waals surface area contributed by atoms with Gasteiger partial charge in [-0.15, -0.1) is 0 Å². The van der Waals surface area contributed by atoms with E-state index in [-0.39, 0.29) is 25.2 Å². The van der Waals surface area contributed by atoms with Crippen LogP contribution in [0, 0.1) is 0 Å². The van der Waals surface area contributed by atoms with E-state index in [1.807, 2.05) is 0 Å². The molecule has 0 heterocycles. The molecule has 12 heteroatoms. The number of hydrogen-bond donors (Lipinski definition) is 8. The number of amides is 2. The third-order valence-electron chi connectivity index (χ3n) is 2.35. The van der Waals surface area contributed by atoms with Crippen molar-refractivity contribution in [3.8, 4) is 0 Å². The number of hydrogen-bond acceptors (Lipinski definition) is 8. The number of nitrogens with two attached hydrogens (primary N) is 1. The first-order valence-electron chi connectivity index (χ1n) is 6.79. The molecule has 0 unspecified atom stereocenters. The van der Waals surface area contributed by atoms with Gasteiger partial charge in [0.15, 0.2) is 0 Å². The Balaban J connectivity index is 0. The van der Waals surface area contributed by atoms with Crippen molar-refractivity contribution in [1.29, 1.82) is 0 Å². The summed E-state index contributed by atoms with van der Waals surface area (Å²) in [6.45, 7) is -0.383. The zero-order chi connectivity index (χ0) is 19.1. The van der Waals surface area contributed by atoms with Crippen molar-refractivity contribution in [1.82, 2.24) is 10.6 Å². The van der Waals surface area contributed by atoms with Crippen molar-refractivity contribution in [3.63, 3.8) is 0 Å². The number of aliphatic hydroxyl groups excluding tert-OH is 1. The van der Waals surface area contributed by atoms with Crippen molar-refractivity contribution in [2.24, 2.45) is 5.73 Å². The minimum atomic E-state index is -1.22. The van der Waals surface area contributed by atoms with Crippen LogP contribution in [0.3, 0.4) is 0 Å². The van der Waals surface area contributed by atoms with Crippen molar-refractivity contribution in [3.05, 3.63) is 0 Å². The molecule has 0 aliphatic rings. The van der Waals surface area contributed by atoms with E-state index in [0.717, 1.165) is 0 Å². The van der Waals surface area contributed by atoms with Gasteiger partial charge in [0.2, 0.25) is 11.8 Å². The van der Waals surface area contributed by atoms with Gasteiger partial charge in [0.1, 0.15) is 18.6 Å². The number of carboxylic acid groups (broad SMARTS) is 2. The third kappa shape index (κ3) is 14.1. The topological polar surface area (TPSA) is 179 Å². The largest absolute Gasteiger partial charge is 0.480 e. The first kappa shape index (κ1) is 24.7. The van der Waals surface area contributed by atoms with Crippen molar-refractivity contribution in [2.45, 2.75) is 24.9 Å². The molecule has 0 aromatic heterocycles. The van der Waals surface area contributed by atoms with E-state index >= 15 is 0 Å². The van der Waals surface area contributed by atoms with Crippen LogP contribution in [0.5, 0.6) is 0 Å². The molecule has 0 saturated carbocycles. The molecule has 0 rings (SSSR count). The van der Waals surface area contributed by atoms with Crippen LogP contribution in [-0.2, 0) is 19.2 Å². The van der Waals surface area contributed by atoms with E-state index in [1.165, 1.54) is 0 Å². The molecule has 0 aliphatic heterocycles. The van der Waals surface area contributed by atoms with Crippen LogP contribution >= 0.6 is 25.3 Å². The highest BCUT2D eigenvalue weighted by Gasteiger charge is 2.20. The molecule has 0 aromatic carbocycles. The Morgan fingerprint density at radius 2 is 1.67 bits per heavy atom. The van der Waals surface area contributed by atoms with Gasteiger partial charge >= 0.3 is 11.9 Å². The Morgan fingerprint density at radius 3 is 2.04 bits per heavy atom. The molecule has 2 amide bonds. The Kier molecular flexibility index (Phi) is 15.5. The van der Waals surface area contributed by atoms with Crippen molar-refractivity contribution >= 4 is 49.0 Å². The van der Waals surface area contributed by atoms with Crippen LogP contribution in [0.2, 0.25) is 0 Å². The summed E-state index contributed by atoms with van der Waals surface area (Å²) >= 11 is 7.54. The molecule has 0 fully saturated rings. The van der Waals surface area contributed by atoms with Gasteiger partial charge in [-0.2, -0.15) is 25.3 Å². The number of carbonyl (C=O) groups is 4. The molecule has 140 valence electrons. The minimum Gasteiger partial charge on any atom is -0.480 e. The molecule has 10 nitrogen and oxygen atoms in total. The van der Waals surface area contributed by atoms with Crippen LogP contribution in [0.4, 0.5) is 0 Å². The second-order valence-electron chi connectivity index (χ2n) is 4.34. The van der Waals surface area contributed by atoms with E-state index in [4.69, 9.17) is 21.1 Å². The van der Waals surface area contributed by atoms with Gasteiger partial charge in [0.25, 0.3) is 0 Å². The molecule has 7 N–H and O–H groups in total. The number of carboxylic acids is 2. The first-order valence-corrected chi connectivity index (χ1v) is 8.05. The average Bonchev–Trinajstić information content (AvgIpc) is 2.55. The lowest BCUT2D eigenvalue weighted by Crippen LogP contribution is -2.49. The van der Waals surface area contributed by atoms with Crippen LogP contribution < -0.4 is 16.4 Å². The Labute approximate surface area is 150 Å². The number of aliphatic hydroxyl groups is 1. The van der Waals surface area contributed by atoms with E-state index in [1.54, 1.807) is 0 Å². The van der Waals surface area contributed by atoms with Crippen LogP contribution in [-0.4, -0.2) is 75.8 Å². The highest BCUT2D eigenvalue weighted by atomic mass is 32.1. The Hall–Kier alpha value is -1.50. The lowest BCUT2D eigenvalue weighted by Gasteiger charge is -2.16. The van der Waals surface area contributed by atoms with E-state index in [2.05, 4.69) is 35.9 Å². The average molecular weight is 385 g/mol. The van der Waals surface area contributed by atoms with Crippen LogP contribution in [0.15, 0.2) is 0 Å². The fourth-order valence-electron chi connectivity index (χ4n) is 1.16. The van der Waals surface area contributed by atoms with Gasteiger partial charge < -0.3 is 31.7 Å². The van der Waals surface area contributed by atoms with Gasteiger partial charge in [0, 0.05) is 17.9 Å². The Morgan fingerprint density at radius 1 is 1.12 bits per heavy atom. The summed E-state index contributed by atoms with van der Waals surface area (Å²) in [6, 6.07) is -2.15. The van der Waals surface area contributed by atoms with Gasteiger partial charge in [-0.1, -0.05) is 0 Å². The highest BCUT2D eigenvalue weighted by molar-refractivity contribution is 7.80. The van der Waals surface area contributed by atoms with E-state index < -0.39 is 42.4 Å². The number of nitrogens with one attached hydrogen (secondary N) is 2. The fourth-order valence-corrected chi connectivity index (χ4v) is 1.41. The Bertz CT molecular complexity index is 421. The number of rotatable bonds is 10. The standard InChI is InChI=1S/C10H17N3O6S.C2H6OS/c11-5(10(18)19)1-2-7(14)13-6(4-20)9(17)12-3-8(15)16;3-1-2-4/h5-6,20H,1-4,11H2,(H,12,17)(H,13,14)(H,15,16)(H,18,19);3-4H,1-2H2/t5-,6-;/m0./s1. The number of aliphatic carboxylic acids is 2. The molecule has 0 radical (unpaired) electrons. The van der Waals surface area contributed by atoms with Gasteiger partial charge in [-0.05, 0) is 6.42 Å². The summed E-state index contributed by atoms with van der Waals surface area (Å²) in [4.78, 5) is 43.7. The minimum absolute atomic E-state index is 0.0256. The maximum absolute atomic E-state index is 11.5. The van der Waals surface area contributed by atoms with Crippen LogP contribution in [0.1, 0.15) is 12.8 Å². The third-order valence-corrected chi connectivity index (χ3v) is 2.91. The summed E-state index contributed by atoms with van der Waals surface area (Å²) in [7, 11) is 0. The number of thiol groups is 2. The predicted molar refractivity (Wildman–Crippen MR) is 92.2 cm³/mol. The number of carbonyl (C=O) groups excluding carboxylic acids is 2. The maximum atomic E-state index is 11.5. The summed E-state index contributed by atoms with van der Waals surface area (Å²) in [6.07, 6.45) is -0.235. The molecule has 0 spiro atoms. The molecule has 24 heavy (non-hydrogen) atoms. The van der Waals surface area contributed by atoms with Gasteiger partial charge in [0.05, 0.1) is 6.61 Å². The molecular formula is C12H23N3O7S2. The lowest BCUT2D eigenvalue weighted by molar-refractivity contribution is -0.139. The smallest absolute Gasteiger partial charge is 0.322 e. The second-order valence-corrected chi connectivity index (χ2v) is 5.16. The quantitative estimate of drug-likeness (QED) is 0.193. The predicted octanol–water partition coefficient (Wildman–Crippen LogP) is -2.30. The molecule has 0 aromatic rings. The van der Waals surface area contributed by atoms with Crippen molar-refractivity contribution < 1.29 is 34.5 Å². The summed E-state index contributed by atoms with van der Waals surface area (Å²) in [5.74, 6) is -3.13. The van der Waals surface area contributed by atoms with Gasteiger partial charge in [-0.3, -0.25) is 19.2 Å². The zero-order valence-corrected chi connectivity index (χ0v) is 14.6. The first-order chi connectivity index (χ1) is 11.2. The summed E-state index contributed by atoms with van der Waals surface area (Å²) < 4.78 is 0. The normalized spacial score (nSPS) is 12.2. The van der Waals surface area contributed by atoms with Crippen molar-refractivity contribution in [2.75, 3.05) is 24.7 Å². The molecule has 0 aliphatic carbocycles. The highest BCUT2D eigenvalue weighted by Crippen LogP contribution is 1.97. The zero-order valence-electron chi connectivity index (χ0n) is 12.8. The monoisotopic (exact) mass is 385 g/mol. The maximum Gasteiger partial charge on any atom is 0.322 e. The van der Waals surface area contributed by atoms with E-state index in [9.17, 15) is 19.2 Å². The van der Waals surface area contributed by atoms with Crippen LogP contribution in [0.25, 0.3) is 0 Å². The SMILES string of the molecule is N[C@@H](CCC(=O)N[C@@H](CS)C(=O)NCC(=O)O)C(=O)O.OCCS. The molecule has 0 bridgehead atoms. The molecule has 0 saturated heterocycles. The van der Waals surface area contributed by atoms with E-state index in [0.29, 0.717) is 5.75 Å².